The molecule has 6 nitrogen and oxygen atoms in total. The Morgan fingerprint density at radius 3 is 2.45 bits per heavy atom. The van der Waals surface area contributed by atoms with Crippen molar-refractivity contribution in [3.8, 4) is 0 Å². The molecule has 0 saturated carbocycles. The van der Waals surface area contributed by atoms with E-state index in [0.717, 1.165) is 13.1 Å². The van der Waals surface area contributed by atoms with E-state index in [1.54, 1.807) is 28.9 Å². The molecule has 0 fully saturated rings. The van der Waals surface area contributed by atoms with Gasteiger partial charge in [0.1, 0.15) is 0 Å². The molecule has 0 N–H and O–H groups in total. The van der Waals surface area contributed by atoms with Gasteiger partial charge in [0.05, 0.1) is 24.7 Å². The van der Waals surface area contributed by atoms with Gasteiger partial charge in [-0.1, -0.05) is 26.0 Å². The number of alkyl halides is 3. The quantitative estimate of drug-likeness (QED) is 0.602. The summed E-state index contributed by atoms with van der Waals surface area (Å²) >= 11 is 0. The van der Waals surface area contributed by atoms with Crippen molar-refractivity contribution in [2.75, 3.05) is 32.7 Å². The van der Waals surface area contributed by atoms with Gasteiger partial charge in [-0.15, -0.1) is 0 Å². The number of amides is 1. The van der Waals surface area contributed by atoms with Gasteiger partial charge in [-0.3, -0.25) is 14.3 Å². The molecular formula is C20H27F3N4O2. The predicted octanol–water partition coefficient (Wildman–Crippen LogP) is 2.91. The number of carbonyl (C=O) groups is 1. The second kappa shape index (κ2) is 10.4. The highest BCUT2D eigenvalue weighted by Gasteiger charge is 2.29. The van der Waals surface area contributed by atoms with E-state index in [1.807, 2.05) is 13.8 Å². The number of halogens is 3. The highest BCUT2D eigenvalue weighted by atomic mass is 19.4. The predicted molar refractivity (Wildman–Crippen MR) is 106 cm³/mol. The molecule has 9 heteroatoms. The molecule has 0 aliphatic rings. The molecule has 0 saturated heterocycles. The van der Waals surface area contributed by atoms with Crippen molar-refractivity contribution in [2.24, 2.45) is 0 Å². The van der Waals surface area contributed by atoms with Crippen molar-refractivity contribution >= 4 is 16.8 Å². The maximum absolute atomic E-state index is 12.7. The van der Waals surface area contributed by atoms with Crippen LogP contribution in [0.15, 0.2) is 35.3 Å². The zero-order valence-electron chi connectivity index (χ0n) is 16.8. The van der Waals surface area contributed by atoms with Gasteiger partial charge in [-0.05, 0) is 25.2 Å². The summed E-state index contributed by atoms with van der Waals surface area (Å²) in [5, 5.41) is 4.56. The van der Waals surface area contributed by atoms with Crippen LogP contribution in [0.2, 0.25) is 0 Å². The number of para-hydroxylation sites is 1. The molecule has 1 heterocycles. The highest BCUT2D eigenvalue weighted by Crippen LogP contribution is 2.20. The van der Waals surface area contributed by atoms with Crippen LogP contribution in [-0.4, -0.2) is 64.4 Å². The Balaban J connectivity index is 2.08. The normalized spacial score (nSPS) is 11.9. The monoisotopic (exact) mass is 412 g/mol. The molecule has 0 atom stereocenters. The molecule has 0 aliphatic carbocycles. The zero-order chi connectivity index (χ0) is 21.4. The number of aromatic nitrogens is 2. The highest BCUT2D eigenvalue weighted by molar-refractivity contribution is 5.79. The summed E-state index contributed by atoms with van der Waals surface area (Å²) in [7, 11) is 0. The number of hydrogen-bond donors (Lipinski definition) is 0. The van der Waals surface area contributed by atoms with Crippen LogP contribution in [0.1, 0.15) is 26.7 Å². The van der Waals surface area contributed by atoms with Gasteiger partial charge in [0.15, 0.2) is 0 Å². The molecule has 1 aromatic heterocycles. The van der Waals surface area contributed by atoms with E-state index in [-0.39, 0.29) is 37.4 Å². The Bertz CT molecular complexity index is 863. The maximum Gasteiger partial charge on any atom is 0.390 e. The molecule has 0 aliphatic heterocycles. The van der Waals surface area contributed by atoms with Crippen molar-refractivity contribution in [2.45, 2.75) is 39.4 Å². The molecule has 0 bridgehead atoms. The van der Waals surface area contributed by atoms with Gasteiger partial charge >= 0.3 is 6.18 Å². The fraction of sp³-hybridized carbons (Fsp3) is 0.550. The first-order chi connectivity index (χ1) is 13.7. The van der Waals surface area contributed by atoms with E-state index < -0.39 is 12.6 Å². The maximum atomic E-state index is 12.7. The fourth-order valence-electron chi connectivity index (χ4n) is 3.12. The largest absolute Gasteiger partial charge is 0.390 e. The second-order valence-electron chi connectivity index (χ2n) is 6.77. The minimum Gasteiger partial charge on any atom is -0.341 e. The number of carbonyl (C=O) groups excluding carboxylic acids is 1. The first kappa shape index (κ1) is 22.9. The standard InChI is InChI=1S/C20H27F3N4O2/c1-3-25(4-2)13-14-26(12-10-20(21,22)23)19(29)9-11-27-17-8-6-5-7-16(17)18(28)15-24-27/h5-8,15H,3-4,9-14H2,1-2H3. The molecule has 1 amide bonds. The molecule has 1 aromatic carbocycles. The lowest BCUT2D eigenvalue weighted by atomic mass is 10.2. The minimum absolute atomic E-state index is 0.00989. The lowest BCUT2D eigenvalue weighted by molar-refractivity contribution is -0.145. The molecule has 2 aromatic rings. The van der Waals surface area contributed by atoms with Crippen LogP contribution in [0, 0.1) is 0 Å². The van der Waals surface area contributed by atoms with Gasteiger partial charge in [0, 0.05) is 31.4 Å². The van der Waals surface area contributed by atoms with Crippen molar-refractivity contribution < 1.29 is 18.0 Å². The van der Waals surface area contributed by atoms with Crippen LogP contribution in [0.4, 0.5) is 13.2 Å². The summed E-state index contributed by atoms with van der Waals surface area (Å²) in [5.74, 6) is -0.356. The van der Waals surface area contributed by atoms with Crippen molar-refractivity contribution in [3.05, 3.63) is 40.7 Å². The summed E-state index contributed by atoms with van der Waals surface area (Å²) in [6.45, 7) is 6.08. The molecule has 2 rings (SSSR count). The Hall–Kier alpha value is -2.42. The Morgan fingerprint density at radius 1 is 1.10 bits per heavy atom. The molecule has 0 unspecified atom stereocenters. The van der Waals surface area contributed by atoms with Crippen molar-refractivity contribution in [1.82, 2.24) is 19.6 Å². The van der Waals surface area contributed by atoms with E-state index in [0.29, 0.717) is 17.4 Å². The Morgan fingerprint density at radius 2 is 1.79 bits per heavy atom. The second-order valence-corrected chi connectivity index (χ2v) is 6.77. The molecule has 160 valence electrons. The van der Waals surface area contributed by atoms with E-state index in [9.17, 15) is 22.8 Å². The molecule has 0 spiro atoms. The summed E-state index contributed by atoms with van der Waals surface area (Å²) in [6.07, 6.45) is -4.15. The summed E-state index contributed by atoms with van der Waals surface area (Å²) in [6, 6.07) is 6.92. The topological polar surface area (TPSA) is 58.4 Å². The van der Waals surface area contributed by atoms with Crippen molar-refractivity contribution in [3.63, 3.8) is 0 Å². The van der Waals surface area contributed by atoms with Crippen LogP contribution < -0.4 is 5.43 Å². The minimum atomic E-state index is -4.32. The number of rotatable bonds is 10. The smallest absolute Gasteiger partial charge is 0.341 e. The zero-order valence-corrected chi connectivity index (χ0v) is 16.8. The lowest BCUT2D eigenvalue weighted by Gasteiger charge is -2.27. The van der Waals surface area contributed by atoms with Gasteiger partial charge in [0.2, 0.25) is 11.3 Å². The number of nitrogens with zero attached hydrogens (tertiary/aromatic N) is 4. The van der Waals surface area contributed by atoms with E-state index in [4.69, 9.17) is 0 Å². The first-order valence-electron chi connectivity index (χ1n) is 9.77. The average molecular weight is 412 g/mol. The lowest BCUT2D eigenvalue weighted by Crippen LogP contribution is -2.40. The van der Waals surface area contributed by atoms with Crippen LogP contribution >= 0.6 is 0 Å². The number of benzene rings is 1. The summed E-state index contributed by atoms with van der Waals surface area (Å²) in [5.41, 5.74) is 0.381. The third kappa shape index (κ3) is 6.85. The van der Waals surface area contributed by atoms with E-state index in [2.05, 4.69) is 10.00 Å². The third-order valence-electron chi connectivity index (χ3n) is 4.90. The number of fused-ring (bicyclic) bond motifs is 1. The first-order valence-corrected chi connectivity index (χ1v) is 9.77. The SMILES string of the molecule is CCN(CC)CCN(CCC(F)(F)F)C(=O)CCn1ncc(=O)c2ccccc21. The van der Waals surface area contributed by atoms with E-state index >= 15 is 0 Å². The van der Waals surface area contributed by atoms with Crippen LogP contribution in [0.5, 0.6) is 0 Å². The van der Waals surface area contributed by atoms with Gasteiger partial charge < -0.3 is 9.80 Å². The summed E-state index contributed by atoms with van der Waals surface area (Å²) < 4.78 is 39.6. The molecular weight excluding hydrogens is 385 g/mol. The average Bonchev–Trinajstić information content (AvgIpc) is 2.69. The Labute approximate surface area is 167 Å². The Kier molecular flexibility index (Phi) is 8.19. The van der Waals surface area contributed by atoms with Gasteiger partial charge in [0.25, 0.3) is 0 Å². The molecule has 29 heavy (non-hydrogen) atoms. The van der Waals surface area contributed by atoms with Crippen LogP contribution in [0.25, 0.3) is 10.9 Å². The van der Waals surface area contributed by atoms with Gasteiger partial charge in [-0.2, -0.15) is 18.3 Å². The van der Waals surface area contributed by atoms with Gasteiger partial charge in [-0.25, -0.2) is 0 Å². The summed E-state index contributed by atoms with van der Waals surface area (Å²) in [4.78, 5) is 27.9. The van der Waals surface area contributed by atoms with Crippen LogP contribution in [0.3, 0.4) is 0 Å². The molecule has 0 radical (unpaired) electrons. The van der Waals surface area contributed by atoms with E-state index in [1.165, 1.54) is 11.1 Å². The number of hydrogen-bond acceptors (Lipinski definition) is 4. The van der Waals surface area contributed by atoms with Crippen LogP contribution in [-0.2, 0) is 11.3 Å². The number of aryl methyl sites for hydroxylation is 1. The van der Waals surface area contributed by atoms with Crippen molar-refractivity contribution in [1.29, 1.82) is 0 Å². The number of likely N-dealkylation sites (N-methyl/N-ethyl adjacent to an activating group) is 1. The third-order valence-corrected chi connectivity index (χ3v) is 4.90. The fourth-order valence-corrected chi connectivity index (χ4v) is 3.12.